The molecule has 3 N–H and O–H groups in total. The van der Waals surface area contributed by atoms with Crippen LogP contribution in [0.3, 0.4) is 0 Å². The second-order valence-electron chi connectivity index (χ2n) is 5.44. The summed E-state index contributed by atoms with van der Waals surface area (Å²) in [5, 5.41) is 3.42. The van der Waals surface area contributed by atoms with Crippen molar-refractivity contribution in [3.63, 3.8) is 0 Å². The molecule has 3 heteroatoms. The van der Waals surface area contributed by atoms with Gasteiger partial charge in [-0.3, -0.25) is 4.98 Å². The summed E-state index contributed by atoms with van der Waals surface area (Å²) in [5.74, 6) is 0. The lowest BCUT2D eigenvalue weighted by atomic mass is 9.87. The molecule has 17 heavy (non-hydrogen) atoms. The maximum absolute atomic E-state index is 5.85. The zero-order chi connectivity index (χ0) is 12.7. The molecule has 0 atom stereocenters. The lowest BCUT2D eigenvalue weighted by Crippen LogP contribution is -2.23. The van der Waals surface area contributed by atoms with Crippen LogP contribution in [0.15, 0.2) is 18.5 Å². The van der Waals surface area contributed by atoms with E-state index < -0.39 is 0 Å². The third kappa shape index (κ3) is 5.07. The van der Waals surface area contributed by atoms with E-state index in [1.807, 2.05) is 6.07 Å². The quantitative estimate of drug-likeness (QED) is 0.709. The number of aromatic nitrogens is 1. The van der Waals surface area contributed by atoms with E-state index in [-0.39, 0.29) is 0 Å². The molecule has 0 aliphatic carbocycles. The van der Waals surface area contributed by atoms with Crippen LogP contribution in [0.1, 0.15) is 46.5 Å². The molecule has 0 saturated heterocycles. The first kappa shape index (κ1) is 13.8. The van der Waals surface area contributed by atoms with Crippen molar-refractivity contribution in [3.8, 4) is 0 Å². The third-order valence-electron chi connectivity index (χ3n) is 3.07. The van der Waals surface area contributed by atoms with E-state index in [9.17, 15) is 0 Å². The van der Waals surface area contributed by atoms with Crippen LogP contribution < -0.4 is 11.1 Å². The number of nitrogens with two attached hydrogens (primary N) is 1. The van der Waals surface area contributed by atoms with Crippen LogP contribution in [0.4, 0.5) is 11.4 Å². The van der Waals surface area contributed by atoms with Gasteiger partial charge in [-0.2, -0.15) is 0 Å². The Morgan fingerprint density at radius 2 is 2.12 bits per heavy atom. The average Bonchev–Trinajstić information content (AvgIpc) is 2.28. The Kier molecular flexibility index (Phi) is 5.26. The zero-order valence-corrected chi connectivity index (χ0v) is 11.3. The molecule has 96 valence electrons. The van der Waals surface area contributed by atoms with Crippen molar-refractivity contribution in [2.45, 2.75) is 46.5 Å². The van der Waals surface area contributed by atoms with Crippen LogP contribution in [-0.4, -0.2) is 11.5 Å². The van der Waals surface area contributed by atoms with Gasteiger partial charge in [-0.15, -0.1) is 0 Å². The summed E-state index contributed by atoms with van der Waals surface area (Å²) in [6, 6.07) is 1.93. The van der Waals surface area contributed by atoms with Gasteiger partial charge >= 0.3 is 0 Å². The van der Waals surface area contributed by atoms with Gasteiger partial charge in [0.05, 0.1) is 17.6 Å². The van der Waals surface area contributed by atoms with Gasteiger partial charge in [0.1, 0.15) is 0 Å². The molecule has 0 unspecified atom stereocenters. The minimum absolute atomic E-state index is 0.310. The van der Waals surface area contributed by atoms with Gasteiger partial charge in [-0.25, -0.2) is 0 Å². The normalized spacial score (nSPS) is 11.5. The Morgan fingerprint density at radius 3 is 2.76 bits per heavy atom. The van der Waals surface area contributed by atoms with Crippen LogP contribution >= 0.6 is 0 Å². The number of rotatable bonds is 7. The molecule has 3 nitrogen and oxygen atoms in total. The highest BCUT2D eigenvalue weighted by Gasteiger charge is 2.17. The van der Waals surface area contributed by atoms with Gasteiger partial charge in [0.15, 0.2) is 0 Å². The molecule has 0 spiro atoms. The van der Waals surface area contributed by atoms with Crippen LogP contribution in [0.5, 0.6) is 0 Å². The molecule has 0 radical (unpaired) electrons. The number of nitrogens with zero attached hydrogens (tertiary/aromatic N) is 1. The standard InChI is InChI=1S/C14H25N3/c1-4-5-6-8-14(2,3)11-17-13-7-9-16-10-12(13)15/h7,9-10H,4-6,8,11,15H2,1-3H3,(H,16,17). The molecule has 1 aromatic rings. The minimum atomic E-state index is 0.310. The number of hydrogen-bond acceptors (Lipinski definition) is 3. The highest BCUT2D eigenvalue weighted by atomic mass is 14.9. The van der Waals surface area contributed by atoms with Crippen LogP contribution in [0, 0.1) is 5.41 Å². The number of hydrogen-bond donors (Lipinski definition) is 2. The Hall–Kier alpha value is -1.25. The lowest BCUT2D eigenvalue weighted by molar-refractivity contribution is 0.342. The first-order chi connectivity index (χ1) is 8.05. The van der Waals surface area contributed by atoms with Crippen molar-refractivity contribution < 1.29 is 0 Å². The summed E-state index contributed by atoms with van der Waals surface area (Å²) < 4.78 is 0. The number of anilines is 2. The van der Waals surface area contributed by atoms with Crippen molar-refractivity contribution in [2.24, 2.45) is 5.41 Å². The largest absolute Gasteiger partial charge is 0.396 e. The summed E-state index contributed by atoms with van der Waals surface area (Å²) in [6.45, 7) is 7.79. The molecule has 0 saturated carbocycles. The molecule has 1 heterocycles. The lowest BCUT2D eigenvalue weighted by Gasteiger charge is -2.25. The second-order valence-corrected chi connectivity index (χ2v) is 5.44. The summed E-state index contributed by atoms with van der Waals surface area (Å²) in [5.41, 5.74) is 7.87. The van der Waals surface area contributed by atoms with Gasteiger partial charge in [-0.05, 0) is 17.9 Å². The maximum Gasteiger partial charge on any atom is 0.0736 e. The third-order valence-corrected chi connectivity index (χ3v) is 3.07. The fraction of sp³-hybridized carbons (Fsp3) is 0.643. The van der Waals surface area contributed by atoms with Crippen molar-refractivity contribution in [1.29, 1.82) is 0 Å². The summed E-state index contributed by atoms with van der Waals surface area (Å²) in [4.78, 5) is 3.99. The highest BCUT2D eigenvalue weighted by Crippen LogP contribution is 2.25. The van der Waals surface area contributed by atoms with Crippen LogP contribution in [0.25, 0.3) is 0 Å². The average molecular weight is 235 g/mol. The zero-order valence-electron chi connectivity index (χ0n) is 11.3. The number of pyridine rings is 1. The van der Waals surface area contributed by atoms with Crippen molar-refractivity contribution >= 4 is 11.4 Å². The minimum Gasteiger partial charge on any atom is -0.396 e. The Morgan fingerprint density at radius 1 is 1.35 bits per heavy atom. The van der Waals surface area contributed by atoms with E-state index in [1.54, 1.807) is 12.4 Å². The molecule has 0 amide bonds. The van der Waals surface area contributed by atoms with Crippen molar-refractivity contribution in [2.75, 3.05) is 17.6 Å². The summed E-state index contributed by atoms with van der Waals surface area (Å²) in [6.07, 6.45) is 8.60. The monoisotopic (exact) mass is 235 g/mol. The van der Waals surface area contributed by atoms with E-state index in [1.165, 1.54) is 25.7 Å². The molecule has 1 rings (SSSR count). The molecular formula is C14H25N3. The van der Waals surface area contributed by atoms with E-state index in [2.05, 4.69) is 31.1 Å². The molecule has 0 aliphatic rings. The van der Waals surface area contributed by atoms with Crippen molar-refractivity contribution in [1.82, 2.24) is 4.98 Å². The molecule has 0 aliphatic heterocycles. The number of unbranched alkanes of at least 4 members (excludes halogenated alkanes) is 2. The summed E-state index contributed by atoms with van der Waals surface area (Å²) >= 11 is 0. The first-order valence-corrected chi connectivity index (χ1v) is 6.48. The van der Waals surface area contributed by atoms with E-state index in [0.29, 0.717) is 5.41 Å². The molecule has 1 aromatic heterocycles. The van der Waals surface area contributed by atoms with E-state index in [0.717, 1.165) is 17.9 Å². The van der Waals surface area contributed by atoms with Gasteiger partial charge < -0.3 is 11.1 Å². The van der Waals surface area contributed by atoms with Crippen LogP contribution in [-0.2, 0) is 0 Å². The fourth-order valence-corrected chi connectivity index (χ4v) is 1.84. The predicted octanol–water partition coefficient (Wildman–Crippen LogP) is 3.68. The maximum atomic E-state index is 5.85. The smallest absolute Gasteiger partial charge is 0.0736 e. The SMILES string of the molecule is CCCCCC(C)(C)CNc1ccncc1N. The van der Waals surface area contributed by atoms with Gasteiger partial charge in [0.2, 0.25) is 0 Å². The fourth-order valence-electron chi connectivity index (χ4n) is 1.84. The first-order valence-electron chi connectivity index (χ1n) is 6.48. The Bertz CT molecular complexity index is 334. The number of nitrogen functional groups attached to an aromatic ring is 1. The second kappa shape index (κ2) is 6.48. The van der Waals surface area contributed by atoms with E-state index >= 15 is 0 Å². The highest BCUT2D eigenvalue weighted by molar-refractivity contribution is 5.64. The van der Waals surface area contributed by atoms with E-state index in [4.69, 9.17) is 5.73 Å². The van der Waals surface area contributed by atoms with Gasteiger partial charge in [-0.1, -0.05) is 40.0 Å². The van der Waals surface area contributed by atoms with Crippen molar-refractivity contribution in [3.05, 3.63) is 18.5 Å². The Balaban J connectivity index is 2.41. The van der Waals surface area contributed by atoms with Crippen LogP contribution in [0.2, 0.25) is 0 Å². The molecule has 0 bridgehead atoms. The van der Waals surface area contributed by atoms with Gasteiger partial charge in [0.25, 0.3) is 0 Å². The molecular weight excluding hydrogens is 210 g/mol. The van der Waals surface area contributed by atoms with Gasteiger partial charge in [0, 0.05) is 12.7 Å². The topological polar surface area (TPSA) is 50.9 Å². The summed E-state index contributed by atoms with van der Waals surface area (Å²) in [7, 11) is 0. The molecule has 0 aromatic carbocycles. The molecule has 0 fully saturated rings. The Labute approximate surface area is 105 Å². The predicted molar refractivity (Wildman–Crippen MR) is 75.1 cm³/mol. The number of nitrogens with one attached hydrogen (secondary N) is 1.